The number of aliphatic hydroxyl groups is 1. The molecule has 312 valence electrons. The van der Waals surface area contributed by atoms with Gasteiger partial charge in [0.25, 0.3) is 0 Å². The van der Waals surface area contributed by atoms with Crippen LogP contribution in [0.3, 0.4) is 0 Å². The van der Waals surface area contributed by atoms with Crippen molar-refractivity contribution in [3.8, 4) is 0 Å². The van der Waals surface area contributed by atoms with Crippen LogP contribution in [0.25, 0.3) is 0 Å². The molecule has 2 aromatic rings. The van der Waals surface area contributed by atoms with E-state index in [2.05, 4.69) is 0 Å². The summed E-state index contributed by atoms with van der Waals surface area (Å²) in [7, 11) is 1.92. The number of allylic oxidation sites excluding steroid dienone is 1. The number of nitrogens with zero attached hydrogens (tertiary/aromatic N) is 1. The summed E-state index contributed by atoms with van der Waals surface area (Å²) in [4.78, 5) is 73.0. The van der Waals surface area contributed by atoms with E-state index in [0.717, 1.165) is 5.56 Å². The maximum Gasteiger partial charge on any atom is 0.338 e. The minimum Gasteiger partial charge on any atom is -0.455 e. The van der Waals surface area contributed by atoms with Gasteiger partial charge in [-0.05, 0) is 75.8 Å². The number of rotatable bonds is 8. The first kappa shape index (κ1) is 41.9. The number of likely N-dealkylation sites (N-methyl/N-ethyl adjacent to an activating group) is 1. The summed E-state index contributed by atoms with van der Waals surface area (Å²) >= 11 is 0. The molecule has 12 nitrogen and oxygen atoms in total. The van der Waals surface area contributed by atoms with Gasteiger partial charge in [-0.15, -0.1) is 0 Å². The summed E-state index contributed by atoms with van der Waals surface area (Å²) in [5.74, 6) is -5.14. The van der Waals surface area contributed by atoms with Crippen molar-refractivity contribution in [2.45, 2.75) is 129 Å². The predicted molar refractivity (Wildman–Crippen MR) is 211 cm³/mol. The number of ether oxygens (including phenoxy) is 5. The van der Waals surface area contributed by atoms with Gasteiger partial charge in [0, 0.05) is 31.1 Å². The van der Waals surface area contributed by atoms with Crippen LogP contribution in [-0.4, -0.2) is 94.5 Å². The van der Waals surface area contributed by atoms with Crippen LogP contribution >= 0.6 is 0 Å². The van der Waals surface area contributed by atoms with Crippen LogP contribution in [0.5, 0.6) is 0 Å². The predicted octanol–water partition coefficient (Wildman–Crippen LogP) is 5.95. The van der Waals surface area contributed by atoms with Crippen molar-refractivity contribution in [2.24, 2.45) is 28.6 Å². The zero-order valence-corrected chi connectivity index (χ0v) is 35.2. The van der Waals surface area contributed by atoms with E-state index < -0.39 is 99.7 Å². The molecule has 0 amide bonds. The fraction of sp³-hybridized carbons (Fsp3) is 0.587. The standard InChI is InChI=1S/C46H57NO11/c1-25-21-33-45(24-54-33,57-28(4)49)38-40(56-41(52)30-19-15-12-16-20-30)46(53)23-31(26(2)34(42(46,5)6)37(55-27(3)48)39(51)44(25,38)9)22-32(50)36-35(29-17-13-11-14-18-29)47(10)43(7,8)58-36/h11-20,25,31,33,35-38,40,53H,21-24H2,1-10H3/t25-,31-,33?,35?,36?,37?,38?,40?,44+,45-,46?/m0/s1. The molecule has 3 aliphatic carbocycles. The van der Waals surface area contributed by atoms with Crippen molar-refractivity contribution in [1.29, 1.82) is 0 Å². The molecule has 12 heteroatoms. The highest BCUT2D eigenvalue weighted by atomic mass is 16.6. The highest BCUT2D eigenvalue weighted by Crippen LogP contribution is 2.66. The Labute approximate surface area is 340 Å². The lowest BCUT2D eigenvalue weighted by Gasteiger charge is -2.68. The highest BCUT2D eigenvalue weighted by molar-refractivity contribution is 5.95. The lowest BCUT2D eigenvalue weighted by atomic mass is 9.43. The smallest absolute Gasteiger partial charge is 0.338 e. The lowest BCUT2D eigenvalue weighted by Crippen LogP contribution is -2.80. The van der Waals surface area contributed by atoms with Crippen molar-refractivity contribution in [3.05, 3.63) is 82.9 Å². The Kier molecular flexibility index (Phi) is 10.5. The first-order valence-corrected chi connectivity index (χ1v) is 20.3. The fourth-order valence-corrected chi connectivity index (χ4v) is 11.2. The zero-order valence-electron chi connectivity index (χ0n) is 35.2. The molecule has 0 spiro atoms. The molecule has 7 rings (SSSR count). The Bertz CT molecular complexity index is 2030. The molecule has 2 bridgehead atoms. The molecule has 2 aromatic carbocycles. The van der Waals surface area contributed by atoms with Crippen LogP contribution < -0.4 is 0 Å². The quantitative estimate of drug-likeness (QED) is 0.191. The normalized spacial score (nSPS) is 37.6. The second-order valence-electron chi connectivity index (χ2n) is 18.5. The summed E-state index contributed by atoms with van der Waals surface area (Å²) in [6, 6.07) is 17.6. The van der Waals surface area contributed by atoms with E-state index in [1.54, 1.807) is 51.1 Å². The van der Waals surface area contributed by atoms with Gasteiger partial charge in [0.1, 0.15) is 29.6 Å². The first-order valence-electron chi connectivity index (χ1n) is 20.3. The molecule has 5 aliphatic rings. The van der Waals surface area contributed by atoms with Crippen molar-refractivity contribution in [3.63, 3.8) is 0 Å². The molecule has 2 saturated carbocycles. The number of hydrogen-bond acceptors (Lipinski definition) is 12. The lowest BCUT2D eigenvalue weighted by molar-refractivity contribution is -0.340. The summed E-state index contributed by atoms with van der Waals surface area (Å²) in [6.45, 7) is 15.2. The van der Waals surface area contributed by atoms with Gasteiger partial charge in [0.05, 0.1) is 24.1 Å². The van der Waals surface area contributed by atoms with Gasteiger partial charge < -0.3 is 28.8 Å². The summed E-state index contributed by atoms with van der Waals surface area (Å²) in [5, 5.41) is 13.9. The summed E-state index contributed by atoms with van der Waals surface area (Å²) in [5.41, 5.74) is -5.11. The van der Waals surface area contributed by atoms with Gasteiger partial charge >= 0.3 is 17.9 Å². The van der Waals surface area contributed by atoms with Gasteiger partial charge in [-0.3, -0.25) is 24.1 Å². The van der Waals surface area contributed by atoms with E-state index in [1.807, 2.05) is 70.0 Å². The molecule has 2 aliphatic heterocycles. The molecular formula is C46H57NO11. The molecule has 58 heavy (non-hydrogen) atoms. The minimum absolute atomic E-state index is 0.0839. The fourth-order valence-electron chi connectivity index (χ4n) is 11.2. The third-order valence-electron chi connectivity index (χ3n) is 14.7. The van der Waals surface area contributed by atoms with Crippen LogP contribution in [0.1, 0.15) is 104 Å². The minimum atomic E-state index is -2.03. The maximum atomic E-state index is 15.7. The van der Waals surface area contributed by atoms with Crippen LogP contribution in [0, 0.1) is 28.6 Å². The Morgan fingerprint density at radius 2 is 1.53 bits per heavy atom. The third-order valence-corrected chi connectivity index (χ3v) is 14.7. The number of carbonyl (C=O) groups is 5. The largest absolute Gasteiger partial charge is 0.455 e. The van der Waals surface area contributed by atoms with Gasteiger partial charge in [0.15, 0.2) is 23.3 Å². The van der Waals surface area contributed by atoms with Gasteiger partial charge in [-0.1, -0.05) is 81.8 Å². The molecule has 0 aromatic heterocycles. The maximum absolute atomic E-state index is 15.7. The molecule has 2 heterocycles. The molecule has 1 N–H and O–H groups in total. The Morgan fingerprint density at radius 3 is 2.10 bits per heavy atom. The summed E-state index contributed by atoms with van der Waals surface area (Å²) in [6.07, 6.45) is -4.40. The second-order valence-corrected chi connectivity index (χ2v) is 18.5. The molecule has 11 atom stereocenters. The van der Waals surface area contributed by atoms with E-state index in [9.17, 15) is 24.3 Å². The van der Waals surface area contributed by atoms with E-state index in [1.165, 1.54) is 13.8 Å². The Hall–Kier alpha value is -4.23. The number of carbonyl (C=O) groups excluding carboxylic acids is 5. The average molecular weight is 800 g/mol. The van der Waals surface area contributed by atoms with Crippen LogP contribution in [0.15, 0.2) is 71.8 Å². The Morgan fingerprint density at radius 1 is 0.914 bits per heavy atom. The zero-order chi connectivity index (χ0) is 42.3. The van der Waals surface area contributed by atoms with Gasteiger partial charge in [0.2, 0.25) is 0 Å². The van der Waals surface area contributed by atoms with E-state index in [-0.39, 0.29) is 30.8 Å². The monoisotopic (exact) mass is 799 g/mol. The van der Waals surface area contributed by atoms with Gasteiger partial charge in [-0.25, -0.2) is 4.79 Å². The molecule has 2 saturated heterocycles. The average Bonchev–Trinajstić information content (AvgIpc) is 3.41. The highest BCUT2D eigenvalue weighted by Gasteiger charge is 2.77. The van der Waals surface area contributed by atoms with Crippen molar-refractivity contribution in [1.82, 2.24) is 4.90 Å². The topological polar surface area (TPSA) is 155 Å². The molecule has 4 fully saturated rings. The van der Waals surface area contributed by atoms with Crippen LogP contribution in [0.2, 0.25) is 0 Å². The third kappa shape index (κ3) is 6.28. The Balaban J connectivity index is 1.43. The number of hydrogen-bond donors (Lipinski definition) is 1. The number of esters is 3. The van der Waals surface area contributed by atoms with E-state index >= 15 is 4.79 Å². The van der Waals surface area contributed by atoms with E-state index in [4.69, 9.17) is 23.7 Å². The van der Waals surface area contributed by atoms with E-state index in [0.29, 0.717) is 17.6 Å². The van der Waals surface area contributed by atoms with Crippen molar-refractivity contribution in [2.75, 3.05) is 13.7 Å². The SMILES string of the molecule is CC(=O)OC1C(=O)[C@@]2(C)C(C(OC(=O)c3ccccc3)C3(O)C[C@H](CC(=O)C4OC(C)(C)N(C)C4c4ccccc4)C(C)=C1C3(C)C)[C@]1(OC(C)=O)COC1C[C@@H]2C. The second kappa shape index (κ2) is 14.5. The number of benzene rings is 2. The molecule has 0 radical (unpaired) electrons. The van der Waals surface area contributed by atoms with Crippen molar-refractivity contribution >= 4 is 29.5 Å². The number of fused-ring (bicyclic) bond motifs is 5. The summed E-state index contributed by atoms with van der Waals surface area (Å²) < 4.78 is 31.5. The molecular weight excluding hydrogens is 743 g/mol. The van der Waals surface area contributed by atoms with Crippen molar-refractivity contribution < 1.29 is 52.8 Å². The van der Waals surface area contributed by atoms with Crippen LogP contribution in [0.4, 0.5) is 0 Å². The van der Waals surface area contributed by atoms with Crippen LogP contribution in [-0.2, 0) is 42.9 Å². The number of Topliss-reactive ketones (excluding diaryl/α,β-unsaturated/α-hetero) is 2. The number of ketones is 2. The first-order chi connectivity index (χ1) is 27.1. The molecule has 7 unspecified atom stereocenters. The van der Waals surface area contributed by atoms with Gasteiger partial charge in [-0.2, -0.15) is 0 Å².